The number of hydrogen-bond donors (Lipinski definition) is 1. The number of ether oxygens (including phenoxy) is 2. The van der Waals surface area contributed by atoms with E-state index in [2.05, 4.69) is 5.32 Å². The van der Waals surface area contributed by atoms with Crippen LogP contribution >= 0.6 is 0 Å². The van der Waals surface area contributed by atoms with Gasteiger partial charge in [-0.05, 0) is 79.6 Å². The molecule has 0 spiro atoms. The van der Waals surface area contributed by atoms with Crippen LogP contribution in [0.25, 0.3) is 0 Å². The molecular weight excluding hydrogens is 578 g/mol. The molecule has 1 atom stereocenters. The lowest BCUT2D eigenvalue weighted by molar-refractivity contribution is -0.140. The van der Waals surface area contributed by atoms with Crippen molar-refractivity contribution >= 4 is 27.5 Å². The Morgan fingerprint density at radius 1 is 0.841 bits per heavy atom. The molecule has 0 saturated heterocycles. The van der Waals surface area contributed by atoms with Gasteiger partial charge in [0.15, 0.2) is 0 Å². The molecule has 0 aromatic heterocycles. The van der Waals surface area contributed by atoms with Crippen LogP contribution in [-0.2, 0) is 26.2 Å². The van der Waals surface area contributed by atoms with Gasteiger partial charge in [0.05, 0.1) is 17.7 Å². The van der Waals surface area contributed by atoms with Crippen LogP contribution in [0.2, 0.25) is 0 Å². The summed E-state index contributed by atoms with van der Waals surface area (Å²) in [6.45, 7) is 3.21. The first kappa shape index (κ1) is 32.1. The lowest BCUT2D eigenvalue weighted by atomic mass is 10.1. The normalized spacial score (nSPS) is 11.7. The first-order valence-corrected chi connectivity index (χ1v) is 15.7. The first-order valence-electron chi connectivity index (χ1n) is 14.2. The maximum Gasteiger partial charge on any atom is 0.264 e. The molecule has 0 saturated carbocycles. The molecule has 230 valence electrons. The Balaban J connectivity index is 1.72. The molecule has 0 aliphatic rings. The first-order chi connectivity index (χ1) is 21.2. The molecule has 0 aliphatic carbocycles. The van der Waals surface area contributed by atoms with Crippen LogP contribution in [0.3, 0.4) is 0 Å². The van der Waals surface area contributed by atoms with Gasteiger partial charge in [0.1, 0.15) is 29.8 Å². The van der Waals surface area contributed by atoms with Gasteiger partial charge >= 0.3 is 0 Å². The molecule has 0 radical (unpaired) electrons. The fraction of sp³-hybridized carbons (Fsp3) is 0.235. The lowest BCUT2D eigenvalue weighted by Gasteiger charge is -2.33. The van der Waals surface area contributed by atoms with Crippen LogP contribution in [0.5, 0.6) is 17.2 Å². The van der Waals surface area contributed by atoms with Crippen molar-refractivity contribution in [2.24, 2.45) is 0 Å². The number of hydrogen-bond acceptors (Lipinski definition) is 6. The Morgan fingerprint density at radius 2 is 1.48 bits per heavy atom. The second-order valence-corrected chi connectivity index (χ2v) is 12.0. The largest absolute Gasteiger partial charge is 0.497 e. The van der Waals surface area contributed by atoms with E-state index in [0.29, 0.717) is 23.7 Å². The van der Waals surface area contributed by atoms with Gasteiger partial charge in [-0.25, -0.2) is 8.42 Å². The molecule has 0 bridgehead atoms. The summed E-state index contributed by atoms with van der Waals surface area (Å²) in [6.07, 6.45) is 0.325. The summed E-state index contributed by atoms with van der Waals surface area (Å²) >= 11 is 0. The Morgan fingerprint density at radius 3 is 2.09 bits per heavy atom. The molecule has 9 nitrogen and oxygen atoms in total. The van der Waals surface area contributed by atoms with E-state index < -0.39 is 28.5 Å². The van der Waals surface area contributed by atoms with Crippen LogP contribution in [0, 0.1) is 6.92 Å². The number of aryl methyl sites for hydroxylation is 1. The number of nitrogens with one attached hydrogen (secondary N) is 1. The molecule has 0 unspecified atom stereocenters. The summed E-state index contributed by atoms with van der Waals surface area (Å²) < 4.78 is 40.5. The minimum atomic E-state index is -4.19. The number of rotatable bonds is 13. The molecule has 4 aromatic carbocycles. The van der Waals surface area contributed by atoms with Gasteiger partial charge in [-0.2, -0.15) is 0 Å². The number of sulfonamides is 1. The molecule has 0 heterocycles. The van der Waals surface area contributed by atoms with Gasteiger partial charge in [0.25, 0.3) is 10.0 Å². The number of para-hydroxylation sites is 1. The molecule has 2 amide bonds. The average Bonchev–Trinajstić information content (AvgIpc) is 3.04. The molecule has 1 N–H and O–H groups in total. The average molecular weight is 616 g/mol. The van der Waals surface area contributed by atoms with E-state index in [1.54, 1.807) is 68.6 Å². The van der Waals surface area contributed by atoms with E-state index in [1.807, 2.05) is 43.3 Å². The number of likely N-dealkylation sites (N-methyl/N-ethyl adjacent to an activating group) is 1. The van der Waals surface area contributed by atoms with Crippen molar-refractivity contribution in [1.29, 1.82) is 0 Å². The quantitative estimate of drug-likeness (QED) is 0.212. The van der Waals surface area contributed by atoms with Crippen LogP contribution in [0.15, 0.2) is 108 Å². The molecule has 44 heavy (non-hydrogen) atoms. The van der Waals surface area contributed by atoms with Gasteiger partial charge in [0.2, 0.25) is 11.8 Å². The van der Waals surface area contributed by atoms with Gasteiger partial charge < -0.3 is 19.7 Å². The van der Waals surface area contributed by atoms with Crippen LogP contribution in [-0.4, -0.2) is 51.9 Å². The van der Waals surface area contributed by atoms with Crippen LogP contribution in [0.4, 0.5) is 5.69 Å². The minimum absolute atomic E-state index is 0.0400. The third kappa shape index (κ3) is 7.76. The number of benzene rings is 4. The molecule has 4 aromatic rings. The summed E-state index contributed by atoms with van der Waals surface area (Å²) in [5.74, 6) is 0.851. The molecule has 0 fully saturated rings. The molecular formula is C34H37N3O6S. The van der Waals surface area contributed by atoms with Crippen LogP contribution < -0.4 is 19.1 Å². The van der Waals surface area contributed by atoms with Crippen molar-refractivity contribution in [3.05, 3.63) is 114 Å². The smallest absolute Gasteiger partial charge is 0.264 e. The third-order valence-electron chi connectivity index (χ3n) is 7.11. The zero-order valence-electron chi connectivity index (χ0n) is 25.3. The van der Waals surface area contributed by atoms with Gasteiger partial charge in [-0.1, -0.05) is 55.0 Å². The van der Waals surface area contributed by atoms with E-state index in [1.165, 1.54) is 24.1 Å². The van der Waals surface area contributed by atoms with Crippen molar-refractivity contribution in [1.82, 2.24) is 10.2 Å². The number of methoxy groups -OCH3 is 1. The van der Waals surface area contributed by atoms with Crippen molar-refractivity contribution in [2.75, 3.05) is 25.0 Å². The Kier molecular flexibility index (Phi) is 10.6. The topological polar surface area (TPSA) is 105 Å². The molecule has 0 aliphatic heterocycles. The number of amides is 2. The van der Waals surface area contributed by atoms with Crippen molar-refractivity contribution in [3.8, 4) is 17.2 Å². The zero-order valence-corrected chi connectivity index (χ0v) is 26.1. The van der Waals surface area contributed by atoms with E-state index in [4.69, 9.17) is 9.47 Å². The Bertz CT molecular complexity index is 1660. The molecule has 10 heteroatoms. The number of nitrogens with zero attached hydrogens (tertiary/aromatic N) is 2. The Labute approximate surface area is 259 Å². The maximum atomic E-state index is 14.1. The van der Waals surface area contributed by atoms with Crippen molar-refractivity contribution in [3.63, 3.8) is 0 Å². The highest BCUT2D eigenvalue weighted by atomic mass is 32.2. The summed E-state index contributed by atoms with van der Waals surface area (Å²) in [4.78, 5) is 28.5. The predicted octanol–water partition coefficient (Wildman–Crippen LogP) is 5.54. The monoisotopic (exact) mass is 615 g/mol. The van der Waals surface area contributed by atoms with Gasteiger partial charge in [-0.15, -0.1) is 0 Å². The van der Waals surface area contributed by atoms with E-state index in [-0.39, 0.29) is 23.0 Å². The number of carbonyl (C=O) groups is 2. The summed E-state index contributed by atoms with van der Waals surface area (Å²) in [5.41, 5.74) is 1.90. The van der Waals surface area contributed by atoms with Crippen LogP contribution in [0.1, 0.15) is 24.5 Å². The fourth-order valence-electron chi connectivity index (χ4n) is 4.72. The third-order valence-corrected chi connectivity index (χ3v) is 8.90. The second-order valence-electron chi connectivity index (χ2n) is 10.1. The van der Waals surface area contributed by atoms with E-state index in [0.717, 1.165) is 15.4 Å². The predicted molar refractivity (Wildman–Crippen MR) is 170 cm³/mol. The minimum Gasteiger partial charge on any atom is -0.497 e. The summed E-state index contributed by atoms with van der Waals surface area (Å²) in [6, 6.07) is 28.5. The summed E-state index contributed by atoms with van der Waals surface area (Å²) in [5, 5.41) is 2.63. The Hall–Kier alpha value is -4.83. The van der Waals surface area contributed by atoms with Gasteiger partial charge in [-0.3, -0.25) is 13.9 Å². The maximum absolute atomic E-state index is 14.1. The fourth-order valence-corrected chi connectivity index (χ4v) is 6.14. The lowest BCUT2D eigenvalue weighted by Crippen LogP contribution is -2.51. The second kappa shape index (κ2) is 14.6. The highest BCUT2D eigenvalue weighted by molar-refractivity contribution is 7.92. The van der Waals surface area contributed by atoms with Gasteiger partial charge in [0, 0.05) is 13.6 Å². The summed E-state index contributed by atoms with van der Waals surface area (Å²) in [7, 11) is -1.14. The van der Waals surface area contributed by atoms with Crippen molar-refractivity contribution in [2.45, 2.75) is 37.8 Å². The van der Waals surface area contributed by atoms with E-state index >= 15 is 0 Å². The highest BCUT2D eigenvalue weighted by Gasteiger charge is 2.33. The van der Waals surface area contributed by atoms with Crippen molar-refractivity contribution < 1.29 is 27.5 Å². The molecule has 4 rings (SSSR count). The SMILES string of the molecule is CC[C@@H](C(=O)NC)N(Cc1cccc(OC)c1)C(=O)CN(c1ccc(Oc2ccccc2)cc1)S(=O)(=O)c1ccc(C)cc1. The number of carbonyl (C=O) groups excluding carboxylic acids is 2. The zero-order chi connectivity index (χ0) is 31.7. The number of anilines is 1. The standard InChI is InChI=1S/C34H37N3O6S/c1-5-32(34(39)35-3)36(23-26-10-9-13-30(22-26)42-4)33(38)24-37(44(40,41)31-20-14-25(2)15-21-31)27-16-18-29(19-17-27)43-28-11-7-6-8-12-28/h6-22,32H,5,23-24H2,1-4H3,(H,35,39)/t32-/m0/s1. The van der Waals surface area contributed by atoms with E-state index in [9.17, 15) is 18.0 Å². The highest BCUT2D eigenvalue weighted by Crippen LogP contribution is 2.29.